The minimum atomic E-state index is -3.76. The summed E-state index contributed by atoms with van der Waals surface area (Å²) in [6.45, 7) is 3.93. The molecule has 1 spiro atoms. The summed E-state index contributed by atoms with van der Waals surface area (Å²) in [5.74, 6) is -1.51. The molecule has 0 atom stereocenters. The van der Waals surface area contributed by atoms with Crippen molar-refractivity contribution in [3.05, 3.63) is 93.4 Å². The number of sulfonamides is 1. The highest BCUT2D eigenvalue weighted by atomic mass is 32.2. The molecular formula is C29H30FN7O6S. The standard InChI is InChI=1S/C29H30FN7O6S/c1-18-3-7-22(8-4-18)44(41,42)35-11-9-29(10-12-35)28-33-24(25(38)27(40)36(28)13-14-43-29)26(39)31-16-20-5-6-21(30)15-23(20)37-17-32-19(2)34-37/h3-8,15,17,38H,9-14,16H2,1-2H3,(H,31,39). The number of fused-ring (bicyclic) bond motifs is 2. The van der Waals surface area contributed by atoms with Crippen LogP contribution in [0.25, 0.3) is 5.69 Å². The maximum Gasteiger partial charge on any atom is 0.296 e. The van der Waals surface area contributed by atoms with Crippen LogP contribution >= 0.6 is 0 Å². The van der Waals surface area contributed by atoms with Gasteiger partial charge in [-0.25, -0.2) is 27.5 Å². The van der Waals surface area contributed by atoms with Crippen LogP contribution in [-0.2, 0) is 33.5 Å². The number of rotatable bonds is 6. The zero-order valence-corrected chi connectivity index (χ0v) is 24.8. The molecule has 2 aliphatic heterocycles. The number of hydrogen-bond donors (Lipinski definition) is 2. The predicted octanol–water partition coefficient (Wildman–Crippen LogP) is 1.93. The predicted molar refractivity (Wildman–Crippen MR) is 154 cm³/mol. The molecule has 4 heterocycles. The number of amides is 1. The van der Waals surface area contributed by atoms with Crippen molar-refractivity contribution in [3.8, 4) is 11.4 Å². The Balaban J connectivity index is 1.25. The van der Waals surface area contributed by atoms with Crippen LogP contribution in [0.3, 0.4) is 0 Å². The highest BCUT2D eigenvalue weighted by Crippen LogP contribution is 2.39. The molecule has 4 aromatic rings. The maximum atomic E-state index is 14.0. The molecule has 15 heteroatoms. The van der Waals surface area contributed by atoms with Gasteiger partial charge in [0, 0.05) is 19.6 Å². The third-order valence-electron chi connectivity index (χ3n) is 7.99. The summed E-state index contributed by atoms with van der Waals surface area (Å²) in [7, 11) is -3.76. The number of halogens is 1. The van der Waals surface area contributed by atoms with Crippen LogP contribution in [0, 0.1) is 19.7 Å². The van der Waals surface area contributed by atoms with Crippen LogP contribution in [0.4, 0.5) is 4.39 Å². The third-order valence-corrected chi connectivity index (χ3v) is 9.90. The topological polar surface area (TPSA) is 162 Å². The Kier molecular flexibility index (Phi) is 7.55. The first kappa shape index (κ1) is 29.6. The van der Waals surface area contributed by atoms with Crippen molar-refractivity contribution in [1.29, 1.82) is 0 Å². The van der Waals surface area contributed by atoms with Crippen molar-refractivity contribution in [2.45, 2.75) is 50.3 Å². The molecule has 6 rings (SSSR count). The zero-order valence-electron chi connectivity index (χ0n) is 24.0. The van der Waals surface area contributed by atoms with E-state index >= 15 is 0 Å². The Morgan fingerprint density at radius 3 is 2.52 bits per heavy atom. The van der Waals surface area contributed by atoms with Crippen LogP contribution in [0.2, 0.25) is 0 Å². The molecule has 230 valence electrons. The lowest BCUT2D eigenvalue weighted by atomic mass is 9.89. The van der Waals surface area contributed by atoms with Gasteiger partial charge >= 0.3 is 0 Å². The highest BCUT2D eigenvalue weighted by molar-refractivity contribution is 7.89. The molecule has 2 aromatic heterocycles. The summed E-state index contributed by atoms with van der Waals surface area (Å²) in [5, 5.41) is 17.6. The average Bonchev–Trinajstić information content (AvgIpc) is 3.45. The second kappa shape index (κ2) is 11.2. The Hall–Kier alpha value is -4.47. The maximum absolute atomic E-state index is 14.0. The number of ether oxygens (including phenoxy) is 1. The molecule has 0 unspecified atom stereocenters. The first-order valence-electron chi connectivity index (χ1n) is 14.0. The summed E-state index contributed by atoms with van der Waals surface area (Å²) in [6, 6.07) is 10.6. The van der Waals surface area contributed by atoms with Gasteiger partial charge in [0.15, 0.2) is 5.69 Å². The van der Waals surface area contributed by atoms with E-state index < -0.39 is 44.4 Å². The van der Waals surface area contributed by atoms with Crippen LogP contribution in [0.5, 0.6) is 5.75 Å². The zero-order chi connectivity index (χ0) is 31.2. The van der Waals surface area contributed by atoms with Crippen molar-refractivity contribution < 1.29 is 27.4 Å². The van der Waals surface area contributed by atoms with Gasteiger partial charge in [-0.3, -0.25) is 14.2 Å². The van der Waals surface area contributed by atoms with Gasteiger partial charge in [0.05, 0.1) is 23.7 Å². The average molecular weight is 624 g/mol. The van der Waals surface area contributed by atoms with Gasteiger partial charge in [-0.05, 0) is 56.5 Å². The molecular weight excluding hydrogens is 593 g/mol. The van der Waals surface area contributed by atoms with E-state index in [9.17, 15) is 27.5 Å². The molecule has 2 N–H and O–H groups in total. The summed E-state index contributed by atoms with van der Waals surface area (Å²) < 4.78 is 50.8. The van der Waals surface area contributed by atoms with E-state index in [0.29, 0.717) is 17.1 Å². The van der Waals surface area contributed by atoms with Crippen LogP contribution in [0.15, 0.2) is 58.5 Å². The number of aromatic nitrogens is 5. The SMILES string of the molecule is Cc1ccc(S(=O)(=O)N2CCC3(CC2)OCCn2c3nc(C(=O)NCc3ccc(F)cc3-n3cnc(C)n3)c(O)c2=O)cc1. The lowest BCUT2D eigenvalue weighted by Gasteiger charge is -2.43. The highest BCUT2D eigenvalue weighted by Gasteiger charge is 2.46. The Morgan fingerprint density at radius 2 is 1.84 bits per heavy atom. The van der Waals surface area contributed by atoms with E-state index in [1.807, 2.05) is 6.92 Å². The molecule has 0 radical (unpaired) electrons. The van der Waals surface area contributed by atoms with Crippen LogP contribution in [0.1, 0.15) is 46.1 Å². The number of carbonyl (C=O) groups excluding carboxylic acids is 1. The number of aryl methyl sites for hydroxylation is 2. The molecule has 1 fully saturated rings. The van der Waals surface area contributed by atoms with Crippen LogP contribution in [-0.4, -0.2) is 67.7 Å². The fourth-order valence-corrected chi connectivity index (χ4v) is 7.03. The van der Waals surface area contributed by atoms with Gasteiger partial charge in [-0.1, -0.05) is 23.8 Å². The minimum absolute atomic E-state index is 0.0969. The molecule has 0 bridgehead atoms. The Labute approximate surface area is 252 Å². The largest absolute Gasteiger partial charge is 0.501 e. The van der Waals surface area contributed by atoms with Crippen molar-refractivity contribution in [2.75, 3.05) is 19.7 Å². The fourth-order valence-electron chi connectivity index (χ4n) is 5.59. The first-order chi connectivity index (χ1) is 21.0. The van der Waals surface area contributed by atoms with E-state index in [1.165, 1.54) is 38.1 Å². The molecule has 1 amide bonds. The number of nitrogens with one attached hydrogen (secondary N) is 1. The van der Waals surface area contributed by atoms with Gasteiger partial charge in [-0.15, -0.1) is 0 Å². The molecule has 1 saturated heterocycles. The summed E-state index contributed by atoms with van der Waals surface area (Å²) in [5.41, 5.74) is -0.612. The minimum Gasteiger partial charge on any atom is -0.501 e. The number of carbonyl (C=O) groups is 1. The molecule has 2 aliphatic rings. The third kappa shape index (κ3) is 5.27. The lowest BCUT2D eigenvalue weighted by Crippen LogP contribution is -2.52. The molecule has 44 heavy (non-hydrogen) atoms. The fraction of sp³-hybridized carbons (Fsp3) is 0.345. The van der Waals surface area contributed by atoms with Crippen molar-refractivity contribution in [3.63, 3.8) is 0 Å². The monoisotopic (exact) mass is 623 g/mol. The first-order valence-corrected chi connectivity index (χ1v) is 15.4. The van der Waals surface area contributed by atoms with E-state index in [2.05, 4.69) is 20.4 Å². The quantitative estimate of drug-likeness (QED) is 0.327. The second-order valence-electron chi connectivity index (χ2n) is 10.8. The summed E-state index contributed by atoms with van der Waals surface area (Å²) in [6.07, 6.45) is 1.79. The number of aromatic hydroxyl groups is 1. The van der Waals surface area contributed by atoms with E-state index in [-0.39, 0.29) is 56.3 Å². The Bertz CT molecular complexity index is 1920. The van der Waals surface area contributed by atoms with Gasteiger partial charge in [-0.2, -0.15) is 9.40 Å². The number of benzene rings is 2. The molecule has 2 aromatic carbocycles. The van der Waals surface area contributed by atoms with Crippen molar-refractivity contribution >= 4 is 15.9 Å². The number of nitrogens with zero attached hydrogens (tertiary/aromatic N) is 6. The van der Waals surface area contributed by atoms with E-state index in [0.717, 1.165) is 5.56 Å². The summed E-state index contributed by atoms with van der Waals surface area (Å²) in [4.78, 5) is 35.2. The smallest absolute Gasteiger partial charge is 0.296 e. The van der Waals surface area contributed by atoms with Gasteiger partial charge in [0.25, 0.3) is 11.5 Å². The normalized spacial score (nSPS) is 16.5. The van der Waals surface area contributed by atoms with Crippen molar-refractivity contribution in [2.24, 2.45) is 0 Å². The summed E-state index contributed by atoms with van der Waals surface area (Å²) >= 11 is 0. The van der Waals surface area contributed by atoms with Gasteiger partial charge in [0.2, 0.25) is 15.8 Å². The lowest BCUT2D eigenvalue weighted by molar-refractivity contribution is -0.110. The Morgan fingerprint density at radius 1 is 1.11 bits per heavy atom. The number of piperidine rings is 1. The van der Waals surface area contributed by atoms with E-state index in [1.54, 1.807) is 31.2 Å². The number of hydrogen-bond acceptors (Lipinski definition) is 9. The second-order valence-corrected chi connectivity index (χ2v) is 12.8. The van der Waals surface area contributed by atoms with E-state index in [4.69, 9.17) is 4.74 Å². The molecule has 0 saturated carbocycles. The van der Waals surface area contributed by atoms with Crippen molar-refractivity contribution in [1.82, 2.24) is 33.9 Å². The van der Waals surface area contributed by atoms with Gasteiger partial charge in [0.1, 0.15) is 29.4 Å². The van der Waals surface area contributed by atoms with Gasteiger partial charge < -0.3 is 15.2 Å². The molecule has 0 aliphatic carbocycles. The van der Waals surface area contributed by atoms with Crippen LogP contribution < -0.4 is 10.9 Å². The molecule has 13 nitrogen and oxygen atoms in total.